The van der Waals surface area contributed by atoms with E-state index in [2.05, 4.69) is 4.99 Å². The number of halogens is 4. The topological polar surface area (TPSA) is 21.6 Å². The van der Waals surface area contributed by atoms with Crippen LogP contribution in [-0.2, 0) is 4.74 Å². The highest BCUT2D eigenvalue weighted by Crippen LogP contribution is 2.37. The quantitative estimate of drug-likeness (QED) is 0.720. The first-order valence-corrected chi connectivity index (χ1v) is 6.12. The standard InChI is InChI=1S/C15H9F4NO/c16-12-6-2-1-4-9(12)14-20-13-7-3-5-11(15(17,18)19)10(13)8-21-14/h1-8,13H. The lowest BCUT2D eigenvalue weighted by Gasteiger charge is -2.25. The van der Waals surface area contributed by atoms with Crippen LogP contribution >= 0.6 is 0 Å². The van der Waals surface area contributed by atoms with Crippen molar-refractivity contribution in [2.45, 2.75) is 12.2 Å². The van der Waals surface area contributed by atoms with Crippen molar-refractivity contribution in [2.24, 2.45) is 4.99 Å². The highest BCUT2D eigenvalue weighted by atomic mass is 19.4. The van der Waals surface area contributed by atoms with Crippen LogP contribution in [-0.4, -0.2) is 18.1 Å². The fourth-order valence-corrected chi connectivity index (χ4v) is 2.16. The predicted octanol–water partition coefficient (Wildman–Crippen LogP) is 3.91. The number of rotatable bonds is 1. The molecule has 2 aliphatic rings. The lowest BCUT2D eigenvalue weighted by atomic mass is 9.94. The van der Waals surface area contributed by atoms with Crippen molar-refractivity contribution in [2.75, 3.05) is 0 Å². The van der Waals surface area contributed by atoms with Crippen molar-refractivity contribution in [3.8, 4) is 0 Å². The van der Waals surface area contributed by atoms with Gasteiger partial charge >= 0.3 is 6.18 Å². The zero-order valence-electron chi connectivity index (χ0n) is 10.6. The van der Waals surface area contributed by atoms with Crippen LogP contribution in [0.2, 0.25) is 0 Å². The van der Waals surface area contributed by atoms with Gasteiger partial charge in [-0.2, -0.15) is 13.2 Å². The maximum Gasteiger partial charge on any atom is 0.416 e. The highest BCUT2D eigenvalue weighted by molar-refractivity contribution is 5.95. The maximum atomic E-state index is 13.7. The van der Waals surface area contributed by atoms with Gasteiger partial charge in [-0.3, -0.25) is 0 Å². The maximum absolute atomic E-state index is 13.7. The summed E-state index contributed by atoms with van der Waals surface area (Å²) >= 11 is 0. The van der Waals surface area contributed by atoms with Gasteiger partial charge in [0.25, 0.3) is 0 Å². The second kappa shape index (κ2) is 4.87. The average Bonchev–Trinajstić information content (AvgIpc) is 2.45. The molecule has 3 rings (SSSR count). The molecule has 0 saturated carbocycles. The molecule has 21 heavy (non-hydrogen) atoms. The number of ether oxygens (including phenoxy) is 1. The van der Waals surface area contributed by atoms with Gasteiger partial charge in [0.05, 0.1) is 17.4 Å². The number of alkyl halides is 3. The van der Waals surface area contributed by atoms with Crippen molar-refractivity contribution < 1.29 is 22.3 Å². The van der Waals surface area contributed by atoms with Crippen molar-refractivity contribution >= 4 is 5.90 Å². The minimum Gasteiger partial charge on any atom is -0.446 e. The van der Waals surface area contributed by atoms with Crippen molar-refractivity contribution in [3.05, 3.63) is 71.3 Å². The first-order valence-electron chi connectivity index (χ1n) is 6.12. The second-order valence-electron chi connectivity index (χ2n) is 4.51. The van der Waals surface area contributed by atoms with Crippen LogP contribution < -0.4 is 0 Å². The molecule has 0 bridgehead atoms. The molecule has 0 saturated heterocycles. The summed E-state index contributed by atoms with van der Waals surface area (Å²) in [4.78, 5) is 4.06. The number of aliphatic imine (C=N–C) groups is 1. The Morgan fingerprint density at radius 3 is 2.62 bits per heavy atom. The van der Waals surface area contributed by atoms with Gasteiger partial charge in [-0.25, -0.2) is 9.38 Å². The Labute approximate surface area is 117 Å². The third-order valence-corrected chi connectivity index (χ3v) is 3.15. The summed E-state index contributed by atoms with van der Waals surface area (Å²) in [6, 6.07) is 4.98. The molecule has 108 valence electrons. The minimum absolute atomic E-state index is 0.0325. The van der Waals surface area contributed by atoms with Crippen molar-refractivity contribution in [1.82, 2.24) is 0 Å². The number of benzene rings is 1. The van der Waals surface area contributed by atoms with Gasteiger partial charge in [0.1, 0.15) is 11.9 Å². The Balaban J connectivity index is 1.95. The molecule has 1 aliphatic heterocycles. The highest BCUT2D eigenvalue weighted by Gasteiger charge is 2.40. The molecule has 2 nitrogen and oxygen atoms in total. The van der Waals surface area contributed by atoms with Gasteiger partial charge in [-0.1, -0.05) is 24.3 Å². The summed E-state index contributed by atoms with van der Waals surface area (Å²) in [6.07, 6.45) is 0.268. The molecule has 1 unspecified atom stereocenters. The third-order valence-electron chi connectivity index (χ3n) is 3.15. The van der Waals surface area contributed by atoms with Crippen LogP contribution in [0, 0.1) is 5.82 Å². The van der Waals surface area contributed by atoms with Crippen molar-refractivity contribution in [3.63, 3.8) is 0 Å². The van der Waals surface area contributed by atoms with E-state index in [1.54, 1.807) is 6.07 Å². The van der Waals surface area contributed by atoms with E-state index in [9.17, 15) is 17.6 Å². The Bertz CT molecular complexity index is 698. The van der Waals surface area contributed by atoms with Gasteiger partial charge in [-0.05, 0) is 18.2 Å². The molecule has 0 fully saturated rings. The van der Waals surface area contributed by atoms with E-state index in [1.807, 2.05) is 0 Å². The molecule has 1 atom stereocenters. The molecule has 1 aromatic carbocycles. The van der Waals surface area contributed by atoms with E-state index in [-0.39, 0.29) is 17.0 Å². The van der Waals surface area contributed by atoms with E-state index < -0.39 is 23.6 Å². The van der Waals surface area contributed by atoms with E-state index >= 15 is 0 Å². The number of nitrogens with zero attached hydrogens (tertiary/aromatic N) is 1. The fourth-order valence-electron chi connectivity index (χ4n) is 2.16. The first-order chi connectivity index (χ1) is 9.97. The van der Waals surface area contributed by atoms with Crippen LogP contribution in [0.4, 0.5) is 17.6 Å². The summed E-state index contributed by atoms with van der Waals surface area (Å²) in [5.74, 6) is -0.575. The van der Waals surface area contributed by atoms with Gasteiger partial charge in [0.15, 0.2) is 0 Å². The van der Waals surface area contributed by atoms with Crippen molar-refractivity contribution in [1.29, 1.82) is 0 Å². The van der Waals surface area contributed by atoms with Crippen LogP contribution in [0.25, 0.3) is 0 Å². The Hall–Kier alpha value is -2.37. The molecule has 0 amide bonds. The normalized spacial score (nSPS) is 21.0. The van der Waals surface area contributed by atoms with Crippen LogP contribution in [0.1, 0.15) is 5.56 Å². The summed E-state index contributed by atoms with van der Waals surface area (Å²) < 4.78 is 57.5. The number of allylic oxidation sites excluding steroid dienone is 2. The first kappa shape index (κ1) is 13.6. The zero-order valence-corrected chi connectivity index (χ0v) is 10.6. The molecule has 0 spiro atoms. The number of hydrogen-bond donors (Lipinski definition) is 0. The molecule has 1 aliphatic carbocycles. The average molecular weight is 295 g/mol. The summed E-state index contributed by atoms with van der Waals surface area (Å²) in [5.41, 5.74) is -0.763. The second-order valence-corrected chi connectivity index (χ2v) is 4.51. The zero-order chi connectivity index (χ0) is 15.0. The van der Waals surface area contributed by atoms with Gasteiger partial charge < -0.3 is 4.74 Å². The predicted molar refractivity (Wildman–Crippen MR) is 69.2 cm³/mol. The fraction of sp³-hybridized carbons (Fsp3) is 0.133. The van der Waals surface area contributed by atoms with E-state index in [1.165, 1.54) is 30.4 Å². The molecule has 0 aromatic heterocycles. The number of fused-ring (bicyclic) bond motifs is 1. The monoisotopic (exact) mass is 295 g/mol. The molecule has 1 heterocycles. The number of hydrogen-bond acceptors (Lipinski definition) is 2. The summed E-state index contributed by atoms with van der Waals surface area (Å²) in [6.45, 7) is 0. The molecule has 0 radical (unpaired) electrons. The summed E-state index contributed by atoms with van der Waals surface area (Å²) in [7, 11) is 0. The largest absolute Gasteiger partial charge is 0.446 e. The minimum atomic E-state index is -4.48. The lowest BCUT2D eigenvalue weighted by Crippen LogP contribution is -2.26. The van der Waals surface area contributed by atoms with E-state index in [4.69, 9.17) is 4.74 Å². The van der Waals surface area contributed by atoms with Gasteiger partial charge in [0.2, 0.25) is 5.90 Å². The molecule has 6 heteroatoms. The Morgan fingerprint density at radius 2 is 1.90 bits per heavy atom. The Kier molecular flexibility index (Phi) is 3.16. The van der Waals surface area contributed by atoms with E-state index in [0.717, 1.165) is 12.3 Å². The van der Waals surface area contributed by atoms with Gasteiger partial charge in [0, 0.05) is 5.57 Å². The SMILES string of the molecule is Fc1ccccc1C1=NC2C=CC=C(C(F)(F)F)C2=CO1. The van der Waals surface area contributed by atoms with Gasteiger partial charge in [-0.15, -0.1) is 0 Å². The Morgan fingerprint density at radius 1 is 1.14 bits per heavy atom. The smallest absolute Gasteiger partial charge is 0.416 e. The molecule has 0 N–H and O–H groups in total. The lowest BCUT2D eigenvalue weighted by molar-refractivity contribution is -0.0899. The third kappa shape index (κ3) is 2.49. The van der Waals surface area contributed by atoms with Crippen LogP contribution in [0.3, 0.4) is 0 Å². The molecule has 1 aromatic rings. The van der Waals surface area contributed by atoms with E-state index in [0.29, 0.717) is 0 Å². The molecular weight excluding hydrogens is 286 g/mol. The molecular formula is C15H9F4NO. The summed E-state index contributed by atoms with van der Waals surface area (Å²) in [5, 5.41) is 0. The van der Waals surface area contributed by atoms with Crippen LogP contribution in [0.5, 0.6) is 0 Å². The van der Waals surface area contributed by atoms with Crippen LogP contribution in [0.15, 0.2) is 64.9 Å².